The summed E-state index contributed by atoms with van der Waals surface area (Å²) in [6.07, 6.45) is 2.04. The monoisotopic (exact) mass is 165 g/mol. The molecule has 0 saturated heterocycles. The predicted molar refractivity (Wildman–Crippen MR) is 45.7 cm³/mol. The third kappa shape index (κ3) is 1.09. The SMILES string of the molecule is CSc1ccc2n[nH]nc2c1. The molecule has 2 rings (SSSR count). The standard InChI is InChI=1S/C7H7N3S/c1-11-5-2-3-6-7(4-5)9-10-8-6/h2-4H,1H3,(H,8,9,10). The Morgan fingerprint density at radius 2 is 2.09 bits per heavy atom. The van der Waals surface area contributed by atoms with Gasteiger partial charge in [0.25, 0.3) is 0 Å². The largest absolute Gasteiger partial charge is 0.197 e. The number of benzene rings is 1. The second-order valence-electron chi connectivity index (χ2n) is 2.18. The van der Waals surface area contributed by atoms with E-state index in [1.54, 1.807) is 11.8 Å². The summed E-state index contributed by atoms with van der Waals surface area (Å²) in [6.45, 7) is 0. The highest BCUT2D eigenvalue weighted by Gasteiger charge is 1.97. The van der Waals surface area contributed by atoms with E-state index in [0.29, 0.717) is 0 Å². The van der Waals surface area contributed by atoms with Crippen LogP contribution < -0.4 is 0 Å². The molecule has 11 heavy (non-hydrogen) atoms. The molecule has 1 heterocycles. The molecule has 4 heteroatoms. The minimum absolute atomic E-state index is 0.919. The summed E-state index contributed by atoms with van der Waals surface area (Å²) in [5, 5.41) is 10.5. The topological polar surface area (TPSA) is 41.6 Å². The second-order valence-corrected chi connectivity index (χ2v) is 3.06. The molecule has 1 aromatic carbocycles. The Kier molecular flexibility index (Phi) is 1.54. The lowest BCUT2D eigenvalue weighted by Gasteiger charge is -1.91. The van der Waals surface area contributed by atoms with Gasteiger partial charge in [-0.2, -0.15) is 15.4 Å². The maximum Gasteiger partial charge on any atom is 0.114 e. The molecule has 0 aliphatic heterocycles. The van der Waals surface area contributed by atoms with Gasteiger partial charge in [0.15, 0.2) is 0 Å². The quantitative estimate of drug-likeness (QED) is 0.654. The lowest BCUT2D eigenvalue weighted by Crippen LogP contribution is -1.71. The van der Waals surface area contributed by atoms with Crippen LogP contribution in [0.2, 0.25) is 0 Å². The molecule has 0 spiro atoms. The van der Waals surface area contributed by atoms with Crippen LogP contribution in [0.4, 0.5) is 0 Å². The minimum atomic E-state index is 0.919. The number of aromatic nitrogens is 3. The number of H-pyrrole nitrogens is 1. The average molecular weight is 165 g/mol. The highest BCUT2D eigenvalue weighted by molar-refractivity contribution is 7.98. The van der Waals surface area contributed by atoms with E-state index in [4.69, 9.17) is 0 Å². The van der Waals surface area contributed by atoms with Crippen molar-refractivity contribution in [3.05, 3.63) is 18.2 Å². The van der Waals surface area contributed by atoms with Crippen LogP contribution in [0.15, 0.2) is 23.1 Å². The van der Waals surface area contributed by atoms with Crippen LogP contribution >= 0.6 is 11.8 Å². The van der Waals surface area contributed by atoms with Crippen LogP contribution in [-0.4, -0.2) is 21.7 Å². The van der Waals surface area contributed by atoms with Gasteiger partial charge in [-0.25, -0.2) is 0 Å². The van der Waals surface area contributed by atoms with Crippen LogP contribution in [0.3, 0.4) is 0 Å². The van der Waals surface area contributed by atoms with E-state index < -0.39 is 0 Å². The number of thioether (sulfide) groups is 1. The Hall–Kier alpha value is -1.03. The van der Waals surface area contributed by atoms with Gasteiger partial charge in [0.05, 0.1) is 0 Å². The summed E-state index contributed by atoms with van der Waals surface area (Å²) in [5.41, 5.74) is 1.85. The van der Waals surface area contributed by atoms with Gasteiger partial charge in [-0.3, -0.25) is 0 Å². The molecule has 1 aromatic heterocycles. The maximum absolute atomic E-state index is 3.98. The molecule has 0 aliphatic rings. The van der Waals surface area contributed by atoms with Crippen molar-refractivity contribution in [2.75, 3.05) is 6.26 Å². The van der Waals surface area contributed by atoms with Crippen molar-refractivity contribution in [3.63, 3.8) is 0 Å². The van der Waals surface area contributed by atoms with Crippen molar-refractivity contribution in [2.45, 2.75) is 4.90 Å². The van der Waals surface area contributed by atoms with E-state index >= 15 is 0 Å². The van der Waals surface area contributed by atoms with Gasteiger partial charge in [0.2, 0.25) is 0 Å². The van der Waals surface area contributed by atoms with E-state index in [9.17, 15) is 0 Å². The van der Waals surface area contributed by atoms with E-state index in [0.717, 1.165) is 11.0 Å². The molecule has 0 saturated carbocycles. The first kappa shape index (κ1) is 6.67. The third-order valence-corrected chi connectivity index (χ3v) is 2.25. The Labute approximate surface area is 68.2 Å². The van der Waals surface area contributed by atoms with Gasteiger partial charge < -0.3 is 0 Å². The Bertz CT molecular complexity index is 368. The van der Waals surface area contributed by atoms with E-state index in [-0.39, 0.29) is 0 Å². The normalized spacial score (nSPS) is 10.6. The lowest BCUT2D eigenvalue weighted by molar-refractivity contribution is 0.959. The summed E-state index contributed by atoms with van der Waals surface area (Å²) in [6, 6.07) is 6.02. The fourth-order valence-corrected chi connectivity index (χ4v) is 1.38. The number of rotatable bonds is 1. The van der Waals surface area contributed by atoms with Gasteiger partial charge in [-0.1, -0.05) is 0 Å². The maximum atomic E-state index is 3.98. The lowest BCUT2D eigenvalue weighted by atomic mass is 10.3. The molecular weight excluding hydrogens is 158 g/mol. The molecular formula is C7H7N3S. The highest BCUT2D eigenvalue weighted by Crippen LogP contribution is 2.18. The molecule has 0 aliphatic carbocycles. The summed E-state index contributed by atoms with van der Waals surface area (Å²) in [7, 11) is 0. The molecule has 0 fully saturated rings. The number of nitrogens with one attached hydrogen (secondary N) is 1. The van der Waals surface area contributed by atoms with Crippen LogP contribution in [-0.2, 0) is 0 Å². The number of hydrogen-bond acceptors (Lipinski definition) is 3. The summed E-state index contributed by atoms with van der Waals surface area (Å²) in [5.74, 6) is 0. The molecule has 56 valence electrons. The molecule has 0 atom stereocenters. The number of hydrogen-bond donors (Lipinski definition) is 1. The first-order valence-corrected chi connectivity index (χ1v) is 4.47. The molecule has 1 N–H and O–H groups in total. The smallest absolute Gasteiger partial charge is 0.114 e. The third-order valence-electron chi connectivity index (χ3n) is 1.52. The number of aromatic amines is 1. The average Bonchev–Trinajstić information content (AvgIpc) is 2.50. The highest BCUT2D eigenvalue weighted by atomic mass is 32.2. The fourth-order valence-electron chi connectivity index (χ4n) is 0.947. The summed E-state index contributed by atoms with van der Waals surface area (Å²) in [4.78, 5) is 1.21. The van der Waals surface area contributed by atoms with E-state index in [2.05, 4.69) is 15.4 Å². The Morgan fingerprint density at radius 1 is 1.27 bits per heavy atom. The van der Waals surface area contributed by atoms with Crippen LogP contribution in [0, 0.1) is 0 Å². The molecule has 0 unspecified atom stereocenters. The Balaban J connectivity index is 2.67. The number of nitrogens with zero attached hydrogens (tertiary/aromatic N) is 2. The van der Waals surface area contributed by atoms with Crippen molar-refractivity contribution in [2.24, 2.45) is 0 Å². The van der Waals surface area contributed by atoms with Gasteiger partial charge in [-0.15, -0.1) is 11.8 Å². The van der Waals surface area contributed by atoms with Crippen molar-refractivity contribution in [1.29, 1.82) is 0 Å². The first-order chi connectivity index (χ1) is 5.40. The van der Waals surface area contributed by atoms with Crippen LogP contribution in [0.1, 0.15) is 0 Å². The minimum Gasteiger partial charge on any atom is -0.197 e. The fraction of sp³-hybridized carbons (Fsp3) is 0.143. The van der Waals surface area contributed by atoms with Gasteiger partial charge >= 0.3 is 0 Å². The van der Waals surface area contributed by atoms with Crippen LogP contribution in [0.25, 0.3) is 11.0 Å². The molecule has 3 nitrogen and oxygen atoms in total. The van der Waals surface area contributed by atoms with Crippen molar-refractivity contribution in [1.82, 2.24) is 15.4 Å². The predicted octanol–water partition coefficient (Wildman–Crippen LogP) is 1.68. The molecule has 0 radical (unpaired) electrons. The zero-order chi connectivity index (χ0) is 7.68. The van der Waals surface area contributed by atoms with E-state index in [1.165, 1.54) is 4.90 Å². The molecule has 0 bridgehead atoms. The van der Waals surface area contributed by atoms with Crippen molar-refractivity contribution < 1.29 is 0 Å². The van der Waals surface area contributed by atoms with Gasteiger partial charge in [0, 0.05) is 4.90 Å². The van der Waals surface area contributed by atoms with Gasteiger partial charge in [0.1, 0.15) is 11.0 Å². The first-order valence-electron chi connectivity index (χ1n) is 3.24. The number of fused-ring (bicyclic) bond motifs is 1. The van der Waals surface area contributed by atoms with Crippen molar-refractivity contribution in [3.8, 4) is 0 Å². The zero-order valence-corrected chi connectivity index (χ0v) is 6.85. The Morgan fingerprint density at radius 3 is 2.91 bits per heavy atom. The zero-order valence-electron chi connectivity index (χ0n) is 6.03. The summed E-state index contributed by atoms with van der Waals surface area (Å²) >= 11 is 1.71. The summed E-state index contributed by atoms with van der Waals surface area (Å²) < 4.78 is 0. The van der Waals surface area contributed by atoms with Crippen molar-refractivity contribution >= 4 is 22.8 Å². The van der Waals surface area contributed by atoms with Gasteiger partial charge in [-0.05, 0) is 24.5 Å². The molecule has 2 aromatic rings. The van der Waals surface area contributed by atoms with E-state index in [1.807, 2.05) is 24.5 Å². The van der Waals surface area contributed by atoms with Crippen LogP contribution in [0.5, 0.6) is 0 Å². The molecule has 0 amide bonds. The second kappa shape index (κ2) is 2.54.